The van der Waals surface area contributed by atoms with Crippen LogP contribution < -0.4 is 10.6 Å². The van der Waals surface area contributed by atoms with Gasteiger partial charge in [-0.1, -0.05) is 6.92 Å². The van der Waals surface area contributed by atoms with E-state index in [4.69, 9.17) is 0 Å². The van der Waals surface area contributed by atoms with Gasteiger partial charge in [0.2, 0.25) is 5.91 Å². The van der Waals surface area contributed by atoms with Crippen molar-refractivity contribution < 1.29 is 4.79 Å². The number of amides is 1. The second kappa shape index (κ2) is 4.97. The van der Waals surface area contributed by atoms with Gasteiger partial charge in [-0.05, 0) is 41.8 Å². The highest BCUT2D eigenvalue weighted by Gasteiger charge is 2.30. The van der Waals surface area contributed by atoms with Crippen molar-refractivity contribution in [2.45, 2.75) is 19.9 Å². The van der Waals surface area contributed by atoms with E-state index >= 15 is 0 Å². The van der Waals surface area contributed by atoms with E-state index in [1.807, 2.05) is 12.3 Å². The van der Waals surface area contributed by atoms with Crippen LogP contribution in [0.3, 0.4) is 0 Å². The van der Waals surface area contributed by atoms with Crippen LogP contribution >= 0.6 is 11.3 Å². The van der Waals surface area contributed by atoms with Gasteiger partial charge in [0.25, 0.3) is 0 Å². The smallest absolute Gasteiger partial charge is 0.225 e. The van der Waals surface area contributed by atoms with E-state index in [9.17, 15) is 4.79 Å². The van der Waals surface area contributed by atoms with Crippen LogP contribution in [-0.2, 0) is 4.79 Å². The summed E-state index contributed by atoms with van der Waals surface area (Å²) in [5.41, 5.74) is 1.19. The molecule has 16 heavy (non-hydrogen) atoms. The molecule has 2 heterocycles. The minimum Gasteiger partial charge on any atom is -0.349 e. The van der Waals surface area contributed by atoms with E-state index in [0.29, 0.717) is 5.92 Å². The monoisotopic (exact) mass is 238 g/mol. The first-order valence-electron chi connectivity index (χ1n) is 5.71. The maximum absolute atomic E-state index is 12.0. The summed E-state index contributed by atoms with van der Waals surface area (Å²) in [5, 5.41) is 10.5. The molecule has 1 aliphatic rings. The number of nitrogens with one attached hydrogen (secondary N) is 2. The third-order valence-electron chi connectivity index (χ3n) is 3.26. The number of hydrogen-bond acceptors (Lipinski definition) is 3. The zero-order valence-corrected chi connectivity index (χ0v) is 10.5. The first kappa shape index (κ1) is 11.6. The average molecular weight is 238 g/mol. The van der Waals surface area contributed by atoms with Crippen molar-refractivity contribution in [1.82, 2.24) is 10.6 Å². The van der Waals surface area contributed by atoms with Crippen LogP contribution in [0.1, 0.15) is 25.5 Å². The lowest BCUT2D eigenvalue weighted by atomic mass is 9.97. The van der Waals surface area contributed by atoms with Crippen LogP contribution in [0.5, 0.6) is 0 Å². The molecule has 1 aliphatic heterocycles. The highest BCUT2D eigenvalue weighted by molar-refractivity contribution is 7.07. The van der Waals surface area contributed by atoms with Crippen molar-refractivity contribution in [3.63, 3.8) is 0 Å². The standard InChI is InChI=1S/C12H18N2OS/c1-8-5-13-6-11(8)12(15)14-9(2)10-3-4-16-7-10/h3-4,7-9,11,13H,5-6H2,1-2H3,(H,14,15)/t8-,9?,11-/m1/s1. The minimum absolute atomic E-state index is 0.117. The summed E-state index contributed by atoms with van der Waals surface area (Å²) in [4.78, 5) is 12.0. The number of carbonyl (C=O) groups excluding carboxylic acids is 1. The fraction of sp³-hybridized carbons (Fsp3) is 0.583. The van der Waals surface area contributed by atoms with E-state index in [1.54, 1.807) is 11.3 Å². The van der Waals surface area contributed by atoms with Crippen LogP contribution in [0.15, 0.2) is 16.8 Å². The average Bonchev–Trinajstić information content (AvgIpc) is 2.86. The maximum atomic E-state index is 12.0. The summed E-state index contributed by atoms with van der Waals surface area (Å²) in [5.74, 6) is 0.743. The molecular formula is C12H18N2OS. The summed E-state index contributed by atoms with van der Waals surface area (Å²) in [6.45, 7) is 5.92. The third kappa shape index (κ3) is 2.44. The second-order valence-corrected chi connectivity index (χ2v) is 5.31. The lowest BCUT2D eigenvalue weighted by Gasteiger charge is -2.18. The fourth-order valence-electron chi connectivity index (χ4n) is 2.09. The Bertz CT molecular complexity index is 350. The fourth-order valence-corrected chi connectivity index (χ4v) is 2.84. The van der Waals surface area contributed by atoms with Gasteiger partial charge in [-0.3, -0.25) is 4.79 Å². The van der Waals surface area contributed by atoms with Crippen molar-refractivity contribution in [1.29, 1.82) is 0 Å². The predicted octanol–water partition coefficient (Wildman–Crippen LogP) is 1.78. The van der Waals surface area contributed by atoms with Gasteiger partial charge in [0.15, 0.2) is 0 Å². The summed E-state index contributed by atoms with van der Waals surface area (Å²) in [6, 6.07) is 2.18. The zero-order chi connectivity index (χ0) is 11.5. The molecule has 4 heteroatoms. The molecule has 2 rings (SSSR count). The Balaban J connectivity index is 1.92. The maximum Gasteiger partial charge on any atom is 0.225 e. The molecule has 1 aromatic heterocycles. The molecule has 0 radical (unpaired) electrons. The molecule has 1 unspecified atom stereocenters. The lowest BCUT2D eigenvalue weighted by Crippen LogP contribution is -2.35. The first-order chi connectivity index (χ1) is 7.68. The van der Waals surface area contributed by atoms with E-state index < -0.39 is 0 Å². The topological polar surface area (TPSA) is 41.1 Å². The zero-order valence-electron chi connectivity index (χ0n) is 9.69. The van der Waals surface area contributed by atoms with E-state index in [2.05, 4.69) is 29.0 Å². The highest BCUT2D eigenvalue weighted by atomic mass is 32.1. The van der Waals surface area contributed by atoms with Crippen molar-refractivity contribution in [3.05, 3.63) is 22.4 Å². The van der Waals surface area contributed by atoms with Gasteiger partial charge in [0.1, 0.15) is 0 Å². The second-order valence-electron chi connectivity index (χ2n) is 4.53. The normalized spacial score (nSPS) is 26.6. The van der Waals surface area contributed by atoms with Crippen LogP contribution in [0.2, 0.25) is 0 Å². The quantitative estimate of drug-likeness (QED) is 0.843. The predicted molar refractivity (Wildman–Crippen MR) is 66.4 cm³/mol. The van der Waals surface area contributed by atoms with Gasteiger partial charge in [-0.25, -0.2) is 0 Å². The molecule has 0 aliphatic carbocycles. The Morgan fingerprint density at radius 3 is 3.00 bits per heavy atom. The molecule has 3 atom stereocenters. The minimum atomic E-state index is 0.117. The van der Waals surface area contributed by atoms with Crippen LogP contribution in [0, 0.1) is 11.8 Å². The van der Waals surface area contributed by atoms with Gasteiger partial charge in [0, 0.05) is 6.54 Å². The van der Waals surface area contributed by atoms with E-state index in [-0.39, 0.29) is 17.9 Å². The van der Waals surface area contributed by atoms with Crippen LogP contribution in [0.4, 0.5) is 0 Å². The number of hydrogen-bond donors (Lipinski definition) is 2. The largest absolute Gasteiger partial charge is 0.349 e. The summed E-state index contributed by atoms with van der Waals surface area (Å²) >= 11 is 1.66. The summed E-state index contributed by atoms with van der Waals surface area (Å²) in [6.07, 6.45) is 0. The lowest BCUT2D eigenvalue weighted by molar-refractivity contribution is -0.126. The molecule has 3 nitrogen and oxygen atoms in total. The summed E-state index contributed by atoms with van der Waals surface area (Å²) < 4.78 is 0. The number of thiophene rings is 1. The Kier molecular flexibility index (Phi) is 3.61. The molecular weight excluding hydrogens is 220 g/mol. The molecule has 2 N–H and O–H groups in total. The van der Waals surface area contributed by atoms with Gasteiger partial charge in [0.05, 0.1) is 12.0 Å². The molecule has 1 fully saturated rings. The van der Waals surface area contributed by atoms with Gasteiger partial charge in [-0.15, -0.1) is 0 Å². The number of carbonyl (C=O) groups is 1. The molecule has 0 saturated carbocycles. The van der Waals surface area contributed by atoms with Crippen LogP contribution in [0.25, 0.3) is 0 Å². The van der Waals surface area contributed by atoms with Gasteiger partial charge < -0.3 is 10.6 Å². The molecule has 0 bridgehead atoms. The van der Waals surface area contributed by atoms with E-state index in [0.717, 1.165) is 13.1 Å². The van der Waals surface area contributed by atoms with Crippen molar-refractivity contribution in [2.24, 2.45) is 11.8 Å². The van der Waals surface area contributed by atoms with Crippen molar-refractivity contribution in [3.8, 4) is 0 Å². The molecule has 88 valence electrons. The third-order valence-corrected chi connectivity index (χ3v) is 3.96. The summed E-state index contributed by atoms with van der Waals surface area (Å²) in [7, 11) is 0. The molecule has 0 aromatic carbocycles. The van der Waals surface area contributed by atoms with Crippen molar-refractivity contribution in [2.75, 3.05) is 13.1 Å². The Morgan fingerprint density at radius 1 is 1.62 bits per heavy atom. The van der Waals surface area contributed by atoms with Crippen LogP contribution in [-0.4, -0.2) is 19.0 Å². The first-order valence-corrected chi connectivity index (χ1v) is 6.66. The molecule has 0 spiro atoms. The SMILES string of the molecule is CC(NC(=O)[C@@H]1CNC[C@H]1C)c1ccsc1. The van der Waals surface area contributed by atoms with Gasteiger partial charge >= 0.3 is 0 Å². The number of rotatable bonds is 3. The Hall–Kier alpha value is -0.870. The molecule has 1 aromatic rings. The van der Waals surface area contributed by atoms with Crippen molar-refractivity contribution >= 4 is 17.2 Å². The molecule has 1 amide bonds. The highest BCUT2D eigenvalue weighted by Crippen LogP contribution is 2.19. The Morgan fingerprint density at radius 2 is 2.44 bits per heavy atom. The molecule has 1 saturated heterocycles. The Labute approximate surface area is 100 Å². The van der Waals surface area contributed by atoms with E-state index in [1.165, 1.54) is 5.56 Å². The van der Waals surface area contributed by atoms with Gasteiger partial charge in [-0.2, -0.15) is 11.3 Å².